The van der Waals surface area contributed by atoms with Crippen LogP contribution in [0.5, 0.6) is 0 Å². The second kappa shape index (κ2) is 7.94. The van der Waals surface area contributed by atoms with Crippen molar-refractivity contribution in [3.8, 4) is 0 Å². The van der Waals surface area contributed by atoms with Gasteiger partial charge >= 0.3 is 5.97 Å². The van der Waals surface area contributed by atoms with Crippen LogP contribution in [0.4, 0.5) is 5.69 Å². The van der Waals surface area contributed by atoms with E-state index in [4.69, 9.17) is 4.74 Å². The zero-order chi connectivity index (χ0) is 15.9. The van der Waals surface area contributed by atoms with Gasteiger partial charge in [-0.3, -0.25) is 4.79 Å². The van der Waals surface area contributed by atoms with Crippen LogP contribution in [-0.4, -0.2) is 43.5 Å². The number of amides is 1. The highest BCUT2D eigenvalue weighted by atomic mass is 16.5. The lowest BCUT2D eigenvalue weighted by Crippen LogP contribution is -2.35. The molecule has 0 spiro atoms. The van der Waals surface area contributed by atoms with E-state index in [9.17, 15) is 9.59 Å². The quantitative estimate of drug-likeness (QED) is 0.849. The Labute approximate surface area is 131 Å². The maximum absolute atomic E-state index is 12.1. The second-order valence-corrected chi connectivity index (χ2v) is 5.86. The molecule has 0 unspecified atom stereocenters. The fourth-order valence-corrected chi connectivity index (χ4v) is 2.64. The summed E-state index contributed by atoms with van der Waals surface area (Å²) in [7, 11) is 1.33. The Kier molecular flexibility index (Phi) is 5.95. The number of hydrogen-bond donors (Lipinski definition) is 1. The van der Waals surface area contributed by atoms with Crippen LogP contribution < -0.4 is 5.32 Å². The maximum Gasteiger partial charge on any atom is 0.339 e. The molecule has 0 atom stereocenters. The van der Waals surface area contributed by atoms with E-state index >= 15 is 0 Å². The number of anilines is 1. The Morgan fingerprint density at radius 2 is 1.95 bits per heavy atom. The first kappa shape index (κ1) is 16.5. The van der Waals surface area contributed by atoms with Crippen LogP contribution in [0, 0.1) is 5.92 Å². The summed E-state index contributed by atoms with van der Waals surface area (Å²) in [5.74, 6) is 0.271. The molecule has 1 aliphatic heterocycles. The van der Waals surface area contributed by atoms with Gasteiger partial charge in [0.25, 0.3) is 0 Å². The van der Waals surface area contributed by atoms with Crippen molar-refractivity contribution >= 4 is 17.6 Å². The summed E-state index contributed by atoms with van der Waals surface area (Å²) in [6.45, 7) is 5.16. The van der Waals surface area contributed by atoms with Crippen molar-refractivity contribution in [2.24, 2.45) is 5.92 Å². The fourth-order valence-electron chi connectivity index (χ4n) is 2.64. The van der Waals surface area contributed by atoms with Crippen LogP contribution in [0.2, 0.25) is 0 Å². The number of carbonyl (C=O) groups is 2. The SMILES string of the molecule is COC(=O)c1ccccc1NC(=O)CCN1CCC(C)CC1. The third-order valence-corrected chi connectivity index (χ3v) is 4.14. The third kappa shape index (κ3) is 4.56. The van der Waals surface area contributed by atoms with Gasteiger partial charge in [0.1, 0.15) is 0 Å². The van der Waals surface area contributed by atoms with Gasteiger partial charge < -0.3 is 15.0 Å². The van der Waals surface area contributed by atoms with E-state index in [1.165, 1.54) is 20.0 Å². The number of esters is 1. The minimum Gasteiger partial charge on any atom is -0.465 e. The topological polar surface area (TPSA) is 58.6 Å². The molecule has 0 radical (unpaired) electrons. The average molecular weight is 304 g/mol. The summed E-state index contributed by atoms with van der Waals surface area (Å²) in [5.41, 5.74) is 0.886. The molecule has 22 heavy (non-hydrogen) atoms. The normalized spacial score (nSPS) is 16.3. The molecule has 2 rings (SSSR count). The second-order valence-electron chi connectivity index (χ2n) is 5.86. The van der Waals surface area contributed by atoms with E-state index in [1.54, 1.807) is 24.3 Å². The van der Waals surface area contributed by atoms with Crippen LogP contribution in [0.25, 0.3) is 0 Å². The highest BCUT2D eigenvalue weighted by Crippen LogP contribution is 2.18. The minimum atomic E-state index is -0.444. The van der Waals surface area contributed by atoms with Gasteiger partial charge in [0, 0.05) is 13.0 Å². The fraction of sp³-hybridized carbons (Fsp3) is 0.529. The van der Waals surface area contributed by atoms with Gasteiger partial charge in [-0.2, -0.15) is 0 Å². The zero-order valence-electron chi connectivity index (χ0n) is 13.3. The highest BCUT2D eigenvalue weighted by Gasteiger charge is 2.17. The number of ether oxygens (including phenoxy) is 1. The summed E-state index contributed by atoms with van der Waals surface area (Å²) in [5, 5.41) is 2.81. The van der Waals surface area contributed by atoms with E-state index < -0.39 is 5.97 Å². The Bertz CT molecular complexity index is 522. The van der Waals surface area contributed by atoms with Gasteiger partial charge in [0.05, 0.1) is 18.4 Å². The van der Waals surface area contributed by atoms with Crippen molar-refractivity contribution in [3.05, 3.63) is 29.8 Å². The van der Waals surface area contributed by atoms with Crippen molar-refractivity contribution in [1.29, 1.82) is 0 Å². The number of para-hydroxylation sites is 1. The first-order valence-corrected chi connectivity index (χ1v) is 7.79. The van der Waals surface area contributed by atoms with Gasteiger partial charge in [-0.05, 0) is 44.0 Å². The molecular formula is C17H24N2O3. The number of rotatable bonds is 5. The van der Waals surface area contributed by atoms with Crippen molar-refractivity contribution < 1.29 is 14.3 Å². The predicted molar refractivity (Wildman–Crippen MR) is 85.9 cm³/mol. The molecule has 1 saturated heterocycles. The average Bonchev–Trinajstić information content (AvgIpc) is 2.54. The van der Waals surface area contributed by atoms with E-state index in [0.29, 0.717) is 17.7 Å². The third-order valence-electron chi connectivity index (χ3n) is 4.14. The molecule has 1 amide bonds. The molecule has 1 aromatic carbocycles. The predicted octanol–water partition coefficient (Wildman–Crippen LogP) is 2.53. The Balaban J connectivity index is 1.86. The molecule has 0 bridgehead atoms. The lowest BCUT2D eigenvalue weighted by Gasteiger charge is -2.29. The van der Waals surface area contributed by atoms with Gasteiger partial charge in [-0.25, -0.2) is 4.79 Å². The minimum absolute atomic E-state index is 0.0741. The number of carbonyl (C=O) groups excluding carboxylic acids is 2. The van der Waals surface area contributed by atoms with Crippen molar-refractivity contribution in [3.63, 3.8) is 0 Å². The van der Waals surface area contributed by atoms with E-state index in [0.717, 1.165) is 25.6 Å². The number of methoxy groups -OCH3 is 1. The first-order valence-electron chi connectivity index (χ1n) is 7.79. The van der Waals surface area contributed by atoms with Crippen molar-refractivity contribution in [2.75, 3.05) is 32.1 Å². The molecule has 1 aliphatic rings. The molecule has 5 heteroatoms. The lowest BCUT2D eigenvalue weighted by molar-refractivity contribution is -0.116. The van der Waals surface area contributed by atoms with E-state index in [-0.39, 0.29) is 5.91 Å². The molecule has 1 fully saturated rings. The standard InChI is InChI=1S/C17H24N2O3/c1-13-7-10-19(11-8-13)12-9-16(20)18-15-6-4-3-5-14(15)17(21)22-2/h3-6,13H,7-12H2,1-2H3,(H,18,20). The van der Waals surface area contributed by atoms with Crippen molar-refractivity contribution in [2.45, 2.75) is 26.2 Å². The number of nitrogens with one attached hydrogen (secondary N) is 1. The van der Waals surface area contributed by atoms with E-state index in [1.807, 2.05) is 0 Å². The number of likely N-dealkylation sites (tertiary alicyclic amines) is 1. The zero-order valence-corrected chi connectivity index (χ0v) is 13.3. The van der Waals surface area contributed by atoms with Gasteiger partial charge in [-0.15, -0.1) is 0 Å². The number of piperidine rings is 1. The van der Waals surface area contributed by atoms with Crippen LogP contribution >= 0.6 is 0 Å². The van der Waals surface area contributed by atoms with E-state index in [2.05, 4.69) is 17.1 Å². The Morgan fingerprint density at radius 1 is 1.27 bits per heavy atom. The van der Waals surface area contributed by atoms with Gasteiger partial charge in [0.15, 0.2) is 0 Å². The molecule has 1 N–H and O–H groups in total. The number of hydrogen-bond acceptors (Lipinski definition) is 4. The molecular weight excluding hydrogens is 280 g/mol. The first-order chi connectivity index (χ1) is 10.6. The smallest absolute Gasteiger partial charge is 0.339 e. The summed E-state index contributed by atoms with van der Waals surface area (Å²) in [6.07, 6.45) is 2.84. The summed E-state index contributed by atoms with van der Waals surface area (Å²) >= 11 is 0. The van der Waals surface area contributed by atoms with Crippen LogP contribution in [-0.2, 0) is 9.53 Å². The molecule has 1 heterocycles. The molecule has 0 aromatic heterocycles. The van der Waals surface area contributed by atoms with Crippen LogP contribution in [0.1, 0.15) is 36.5 Å². The summed E-state index contributed by atoms with van der Waals surface area (Å²) in [6, 6.07) is 6.89. The Morgan fingerprint density at radius 3 is 2.64 bits per heavy atom. The lowest BCUT2D eigenvalue weighted by atomic mass is 9.99. The molecule has 5 nitrogen and oxygen atoms in total. The molecule has 1 aromatic rings. The monoisotopic (exact) mass is 304 g/mol. The number of nitrogens with zero attached hydrogens (tertiary/aromatic N) is 1. The van der Waals surface area contributed by atoms with Crippen molar-refractivity contribution in [1.82, 2.24) is 4.90 Å². The summed E-state index contributed by atoms with van der Waals surface area (Å²) < 4.78 is 4.73. The summed E-state index contributed by atoms with van der Waals surface area (Å²) in [4.78, 5) is 26.1. The number of benzene rings is 1. The molecule has 0 aliphatic carbocycles. The van der Waals surface area contributed by atoms with Crippen LogP contribution in [0.3, 0.4) is 0 Å². The van der Waals surface area contributed by atoms with Gasteiger partial charge in [0.2, 0.25) is 5.91 Å². The van der Waals surface area contributed by atoms with Crippen LogP contribution in [0.15, 0.2) is 24.3 Å². The highest BCUT2D eigenvalue weighted by molar-refractivity contribution is 6.01. The maximum atomic E-state index is 12.1. The van der Waals surface area contributed by atoms with Gasteiger partial charge in [-0.1, -0.05) is 19.1 Å². The largest absolute Gasteiger partial charge is 0.465 e. The molecule has 120 valence electrons. The Hall–Kier alpha value is -1.88. The molecule has 0 saturated carbocycles.